The quantitative estimate of drug-likeness (QED) is 0.575. The molecule has 27 heavy (non-hydrogen) atoms. The van der Waals surface area contributed by atoms with Gasteiger partial charge in [-0.25, -0.2) is 9.37 Å². The molecule has 2 aromatic heterocycles. The molecule has 4 rings (SSSR count). The fourth-order valence-corrected chi connectivity index (χ4v) is 4.02. The van der Waals surface area contributed by atoms with Gasteiger partial charge in [0.15, 0.2) is 10.1 Å². The SMILES string of the molecule is O=C(/C=C/c1c(Cl)nc2sccn12)N1CCN(c2ccc(F)cc2)CC1.[Cl-]. The second kappa shape index (κ2) is 8.29. The van der Waals surface area contributed by atoms with Gasteiger partial charge in [-0.05, 0) is 30.3 Å². The summed E-state index contributed by atoms with van der Waals surface area (Å²) >= 11 is 7.63. The molecule has 142 valence electrons. The number of hydrogen-bond donors (Lipinski definition) is 0. The second-order valence-electron chi connectivity index (χ2n) is 5.97. The van der Waals surface area contributed by atoms with E-state index >= 15 is 0 Å². The average Bonchev–Trinajstić information content (AvgIpc) is 3.21. The molecule has 5 nitrogen and oxygen atoms in total. The Hall–Kier alpha value is -2.09. The summed E-state index contributed by atoms with van der Waals surface area (Å²) in [4.78, 5) is 21.5. The predicted molar refractivity (Wildman–Crippen MR) is 102 cm³/mol. The van der Waals surface area contributed by atoms with E-state index in [1.165, 1.54) is 23.5 Å². The Kier molecular flexibility index (Phi) is 6.04. The zero-order chi connectivity index (χ0) is 18.1. The van der Waals surface area contributed by atoms with Crippen molar-refractivity contribution in [2.45, 2.75) is 0 Å². The minimum atomic E-state index is -0.244. The smallest absolute Gasteiger partial charge is 0.246 e. The van der Waals surface area contributed by atoms with E-state index in [1.54, 1.807) is 29.2 Å². The molecule has 0 spiro atoms. The highest BCUT2D eigenvalue weighted by Gasteiger charge is 2.20. The number of amides is 1. The number of rotatable bonds is 3. The number of nitrogens with zero attached hydrogens (tertiary/aromatic N) is 4. The van der Waals surface area contributed by atoms with Crippen LogP contribution >= 0.6 is 22.9 Å². The first kappa shape index (κ1) is 19.7. The molecule has 1 aromatic carbocycles. The van der Waals surface area contributed by atoms with E-state index in [4.69, 9.17) is 11.6 Å². The maximum Gasteiger partial charge on any atom is 0.246 e. The van der Waals surface area contributed by atoms with E-state index in [0.717, 1.165) is 10.6 Å². The van der Waals surface area contributed by atoms with Crippen LogP contribution in [0.15, 0.2) is 41.9 Å². The zero-order valence-corrected chi connectivity index (χ0v) is 16.5. The molecular weight excluding hydrogens is 410 g/mol. The van der Waals surface area contributed by atoms with Crippen LogP contribution < -0.4 is 17.3 Å². The van der Waals surface area contributed by atoms with E-state index in [9.17, 15) is 9.18 Å². The van der Waals surface area contributed by atoms with Crippen molar-refractivity contribution in [2.24, 2.45) is 0 Å². The topological polar surface area (TPSA) is 40.9 Å². The van der Waals surface area contributed by atoms with Crippen LogP contribution in [0.25, 0.3) is 11.0 Å². The van der Waals surface area contributed by atoms with Gasteiger partial charge in [0.05, 0.1) is 5.69 Å². The van der Waals surface area contributed by atoms with Crippen molar-refractivity contribution in [2.75, 3.05) is 31.1 Å². The minimum Gasteiger partial charge on any atom is -1.00 e. The summed E-state index contributed by atoms with van der Waals surface area (Å²) < 4.78 is 14.9. The van der Waals surface area contributed by atoms with Crippen molar-refractivity contribution in [1.82, 2.24) is 14.3 Å². The number of carbonyl (C=O) groups excluding carboxylic acids is 1. The normalized spacial score (nSPS) is 14.7. The van der Waals surface area contributed by atoms with Crippen LogP contribution in [0.1, 0.15) is 5.69 Å². The number of hydrogen-bond acceptors (Lipinski definition) is 4. The third-order valence-electron chi connectivity index (χ3n) is 4.42. The minimum absolute atomic E-state index is 0. The summed E-state index contributed by atoms with van der Waals surface area (Å²) in [7, 11) is 0. The molecule has 0 N–H and O–H groups in total. The van der Waals surface area contributed by atoms with E-state index in [-0.39, 0.29) is 24.1 Å². The molecule has 9 heteroatoms. The van der Waals surface area contributed by atoms with Crippen LogP contribution in [0.5, 0.6) is 0 Å². The molecule has 1 aliphatic rings. The largest absolute Gasteiger partial charge is 1.00 e. The lowest BCUT2D eigenvalue weighted by molar-refractivity contribution is -0.126. The number of piperazine rings is 1. The second-order valence-corrected chi connectivity index (χ2v) is 7.20. The molecule has 0 aliphatic carbocycles. The molecule has 1 fully saturated rings. The van der Waals surface area contributed by atoms with E-state index in [0.29, 0.717) is 37.0 Å². The molecule has 3 aromatic rings. The number of carbonyl (C=O) groups is 1. The number of benzene rings is 1. The molecule has 1 aliphatic heterocycles. The molecule has 1 amide bonds. The maximum absolute atomic E-state index is 13.0. The first-order valence-corrected chi connectivity index (χ1v) is 9.46. The highest BCUT2D eigenvalue weighted by molar-refractivity contribution is 7.15. The Morgan fingerprint density at radius 2 is 1.89 bits per heavy atom. The van der Waals surface area contributed by atoms with Gasteiger partial charge < -0.3 is 22.2 Å². The van der Waals surface area contributed by atoms with Gasteiger partial charge in [0.25, 0.3) is 0 Å². The molecule has 3 heterocycles. The van der Waals surface area contributed by atoms with Crippen molar-refractivity contribution in [3.8, 4) is 0 Å². The third kappa shape index (κ3) is 4.10. The van der Waals surface area contributed by atoms with Crippen LogP contribution in [0, 0.1) is 5.82 Å². The number of thiazole rings is 1. The van der Waals surface area contributed by atoms with Gasteiger partial charge in [0.1, 0.15) is 5.82 Å². The van der Waals surface area contributed by atoms with Crippen LogP contribution in [0.2, 0.25) is 5.15 Å². The number of fused-ring (bicyclic) bond motifs is 1. The molecule has 0 unspecified atom stereocenters. The summed E-state index contributed by atoms with van der Waals surface area (Å²) in [5.41, 5.74) is 1.68. The van der Waals surface area contributed by atoms with E-state index in [1.807, 2.05) is 16.0 Å². The first-order valence-electron chi connectivity index (χ1n) is 8.20. The highest BCUT2D eigenvalue weighted by Crippen LogP contribution is 2.22. The highest BCUT2D eigenvalue weighted by atomic mass is 35.5. The lowest BCUT2D eigenvalue weighted by Crippen LogP contribution is -3.00. The van der Waals surface area contributed by atoms with Gasteiger partial charge >= 0.3 is 0 Å². The van der Waals surface area contributed by atoms with Crippen LogP contribution in [-0.4, -0.2) is 46.4 Å². The standard InChI is InChI=1S/C18H16ClFN4OS.ClH/c19-17-15(24-11-12-26-18(24)21-17)5-6-16(25)23-9-7-22(8-10-23)14-3-1-13(20)2-4-14;/h1-6,11-12H,7-10H2;1H/p-1/b6-5+;. The Morgan fingerprint density at radius 3 is 2.59 bits per heavy atom. The van der Waals surface area contributed by atoms with Gasteiger partial charge in [0.2, 0.25) is 5.91 Å². The lowest BCUT2D eigenvalue weighted by atomic mass is 10.2. The molecule has 0 atom stereocenters. The monoisotopic (exact) mass is 425 g/mol. The first-order chi connectivity index (χ1) is 12.6. The molecule has 0 saturated carbocycles. The summed E-state index contributed by atoms with van der Waals surface area (Å²) in [6, 6.07) is 6.44. The van der Waals surface area contributed by atoms with E-state index < -0.39 is 0 Å². The Balaban J connectivity index is 0.00000210. The van der Waals surface area contributed by atoms with Crippen molar-refractivity contribution in [3.63, 3.8) is 0 Å². The van der Waals surface area contributed by atoms with Gasteiger partial charge in [-0.15, -0.1) is 11.3 Å². The van der Waals surface area contributed by atoms with Crippen molar-refractivity contribution >= 4 is 45.6 Å². The van der Waals surface area contributed by atoms with Crippen molar-refractivity contribution in [1.29, 1.82) is 0 Å². The molecule has 1 saturated heterocycles. The Bertz CT molecular complexity index is 962. The number of imidazole rings is 1. The van der Waals surface area contributed by atoms with E-state index in [2.05, 4.69) is 9.88 Å². The van der Waals surface area contributed by atoms with Crippen LogP contribution in [-0.2, 0) is 4.79 Å². The van der Waals surface area contributed by atoms with Gasteiger partial charge in [-0.2, -0.15) is 0 Å². The zero-order valence-electron chi connectivity index (χ0n) is 14.2. The number of halogens is 3. The predicted octanol–water partition coefficient (Wildman–Crippen LogP) is 0.554. The van der Waals surface area contributed by atoms with Crippen LogP contribution in [0.3, 0.4) is 0 Å². The van der Waals surface area contributed by atoms with Gasteiger partial charge in [0, 0.05) is 49.5 Å². The average molecular weight is 426 g/mol. The fourth-order valence-electron chi connectivity index (χ4n) is 3.02. The van der Waals surface area contributed by atoms with Gasteiger partial charge in [-0.1, -0.05) is 11.6 Å². The molecular formula is C18H16Cl2FN4OS-. The summed E-state index contributed by atoms with van der Waals surface area (Å²) in [5, 5.41) is 2.31. The Labute approximate surface area is 171 Å². The number of aromatic nitrogens is 2. The fraction of sp³-hybridized carbons (Fsp3) is 0.222. The molecule has 0 bridgehead atoms. The molecule has 0 radical (unpaired) electrons. The lowest BCUT2D eigenvalue weighted by Gasteiger charge is -2.35. The summed E-state index contributed by atoms with van der Waals surface area (Å²) in [6.07, 6.45) is 5.13. The summed E-state index contributed by atoms with van der Waals surface area (Å²) in [5.74, 6) is -0.295. The van der Waals surface area contributed by atoms with Gasteiger partial charge in [-0.3, -0.25) is 9.20 Å². The third-order valence-corrected chi connectivity index (χ3v) is 5.46. The summed E-state index contributed by atoms with van der Waals surface area (Å²) in [6.45, 7) is 2.67. The Morgan fingerprint density at radius 1 is 1.19 bits per heavy atom. The van der Waals surface area contributed by atoms with Crippen molar-refractivity contribution in [3.05, 3.63) is 58.6 Å². The maximum atomic E-state index is 13.0. The van der Waals surface area contributed by atoms with Crippen molar-refractivity contribution < 1.29 is 21.6 Å². The van der Waals surface area contributed by atoms with Crippen LogP contribution in [0.4, 0.5) is 10.1 Å². The number of anilines is 1.